The van der Waals surface area contributed by atoms with Crippen molar-refractivity contribution in [1.82, 2.24) is 4.72 Å². The summed E-state index contributed by atoms with van der Waals surface area (Å²) in [5.74, 6) is 0.607. The van der Waals surface area contributed by atoms with Crippen molar-refractivity contribution < 1.29 is 17.9 Å². The third-order valence-electron chi connectivity index (χ3n) is 5.72. The van der Waals surface area contributed by atoms with Crippen LogP contribution in [0.25, 0.3) is 0 Å². The van der Waals surface area contributed by atoms with E-state index < -0.39 is 10.0 Å². The van der Waals surface area contributed by atoms with Crippen LogP contribution in [0.2, 0.25) is 0 Å². The Labute approximate surface area is 188 Å². The lowest BCUT2D eigenvalue weighted by Gasteiger charge is -2.23. The van der Waals surface area contributed by atoms with Crippen molar-refractivity contribution in [2.45, 2.75) is 37.8 Å². The molecule has 32 heavy (non-hydrogen) atoms. The number of sulfonamides is 1. The molecule has 0 aliphatic carbocycles. The van der Waals surface area contributed by atoms with Gasteiger partial charge in [0.1, 0.15) is 5.75 Å². The lowest BCUT2D eigenvalue weighted by molar-refractivity contribution is 0.0981. The quantitative estimate of drug-likeness (QED) is 0.614. The van der Waals surface area contributed by atoms with Crippen molar-refractivity contribution in [2.24, 2.45) is 0 Å². The van der Waals surface area contributed by atoms with Gasteiger partial charge in [0.05, 0.1) is 12.0 Å². The fraction of sp³-hybridized carbons (Fsp3) is 0.240. The van der Waals surface area contributed by atoms with Crippen molar-refractivity contribution in [1.29, 1.82) is 0 Å². The zero-order chi connectivity index (χ0) is 22.9. The summed E-state index contributed by atoms with van der Waals surface area (Å²) in [6.45, 7) is 4.07. The maximum atomic E-state index is 13.2. The molecule has 0 saturated carbocycles. The molecule has 7 heteroatoms. The van der Waals surface area contributed by atoms with Gasteiger partial charge in [-0.15, -0.1) is 0 Å². The first-order valence-electron chi connectivity index (χ1n) is 10.4. The Morgan fingerprint density at radius 3 is 2.41 bits per heavy atom. The van der Waals surface area contributed by atoms with E-state index in [1.165, 1.54) is 0 Å². The highest BCUT2D eigenvalue weighted by Gasteiger charge is 2.31. The lowest BCUT2D eigenvalue weighted by atomic mass is 10.1. The number of methoxy groups -OCH3 is 1. The van der Waals surface area contributed by atoms with Crippen molar-refractivity contribution in [3.63, 3.8) is 0 Å². The van der Waals surface area contributed by atoms with E-state index in [0.29, 0.717) is 11.3 Å². The Balaban J connectivity index is 1.55. The van der Waals surface area contributed by atoms with E-state index in [4.69, 9.17) is 4.74 Å². The van der Waals surface area contributed by atoms with Gasteiger partial charge < -0.3 is 9.64 Å². The minimum absolute atomic E-state index is 0.0131. The molecule has 0 bridgehead atoms. The van der Waals surface area contributed by atoms with Gasteiger partial charge >= 0.3 is 0 Å². The van der Waals surface area contributed by atoms with Crippen LogP contribution in [0.15, 0.2) is 71.6 Å². The van der Waals surface area contributed by atoms with Crippen molar-refractivity contribution in [3.05, 3.63) is 89.0 Å². The average Bonchev–Trinajstić information content (AvgIpc) is 3.12. The highest BCUT2D eigenvalue weighted by atomic mass is 32.2. The van der Waals surface area contributed by atoms with Crippen LogP contribution in [-0.4, -0.2) is 27.5 Å². The first kappa shape index (κ1) is 22.0. The third kappa shape index (κ3) is 4.40. The van der Waals surface area contributed by atoms with Crippen LogP contribution >= 0.6 is 0 Å². The predicted molar refractivity (Wildman–Crippen MR) is 125 cm³/mol. The molecule has 1 amide bonds. The molecule has 0 spiro atoms. The molecule has 166 valence electrons. The van der Waals surface area contributed by atoms with Gasteiger partial charge in [-0.3, -0.25) is 4.79 Å². The number of rotatable bonds is 6. The zero-order valence-electron chi connectivity index (χ0n) is 18.3. The summed E-state index contributed by atoms with van der Waals surface area (Å²) in [4.78, 5) is 15.3. The summed E-state index contributed by atoms with van der Waals surface area (Å²) in [5.41, 5.74) is 4.27. The number of amides is 1. The second-order valence-electron chi connectivity index (χ2n) is 8.06. The maximum Gasteiger partial charge on any atom is 0.258 e. The molecular weight excluding hydrogens is 424 g/mol. The number of carbonyl (C=O) groups excluding carboxylic acids is 1. The van der Waals surface area contributed by atoms with E-state index in [2.05, 4.69) is 4.72 Å². The molecule has 0 radical (unpaired) electrons. The summed E-state index contributed by atoms with van der Waals surface area (Å²) >= 11 is 0. The molecule has 3 aromatic rings. The second kappa shape index (κ2) is 8.76. The van der Waals surface area contributed by atoms with Gasteiger partial charge in [-0.05, 0) is 73.9 Å². The summed E-state index contributed by atoms with van der Waals surface area (Å²) in [5, 5.41) is 0. The first-order valence-corrected chi connectivity index (χ1v) is 11.9. The van der Waals surface area contributed by atoms with Crippen LogP contribution in [0.1, 0.15) is 34.0 Å². The standard InChI is InChI=1S/C25H26N2O4S/c1-17-4-12-23(13-5-17)32(29,30)26-16-19-6-7-21-14-18(2)27(24(21)15-19)25(28)20-8-10-22(31-3)11-9-20/h4-13,15,18,26H,14,16H2,1-3H3/t18-/m0/s1. The minimum Gasteiger partial charge on any atom is -0.497 e. The number of benzene rings is 3. The van der Waals surface area contributed by atoms with Crippen LogP contribution in [0, 0.1) is 6.92 Å². The van der Waals surface area contributed by atoms with Gasteiger partial charge in [0.25, 0.3) is 5.91 Å². The number of anilines is 1. The number of hydrogen-bond donors (Lipinski definition) is 1. The molecule has 1 atom stereocenters. The molecule has 6 nitrogen and oxygen atoms in total. The molecule has 1 aliphatic rings. The smallest absolute Gasteiger partial charge is 0.258 e. The molecule has 0 fully saturated rings. The Kier molecular flexibility index (Phi) is 6.04. The third-order valence-corrected chi connectivity index (χ3v) is 7.14. The maximum absolute atomic E-state index is 13.2. The SMILES string of the molecule is COc1ccc(C(=O)N2c3cc(CNS(=O)(=O)c4ccc(C)cc4)ccc3C[C@@H]2C)cc1. The van der Waals surface area contributed by atoms with Crippen LogP contribution in [0.4, 0.5) is 5.69 Å². The molecule has 0 aromatic heterocycles. The number of nitrogens with one attached hydrogen (secondary N) is 1. The van der Waals surface area contributed by atoms with Crippen molar-refractivity contribution in [3.8, 4) is 5.75 Å². The topological polar surface area (TPSA) is 75.7 Å². The van der Waals surface area contributed by atoms with E-state index in [1.54, 1.807) is 60.5 Å². The van der Waals surface area contributed by atoms with Gasteiger partial charge in [-0.2, -0.15) is 0 Å². The van der Waals surface area contributed by atoms with Gasteiger partial charge in [0, 0.05) is 23.8 Å². The molecule has 0 unspecified atom stereocenters. The number of carbonyl (C=O) groups is 1. The van der Waals surface area contributed by atoms with Crippen LogP contribution in [-0.2, 0) is 23.0 Å². The van der Waals surface area contributed by atoms with E-state index in [-0.39, 0.29) is 23.4 Å². The molecule has 1 N–H and O–H groups in total. The Morgan fingerprint density at radius 2 is 1.75 bits per heavy atom. The number of fused-ring (bicyclic) bond motifs is 1. The zero-order valence-corrected chi connectivity index (χ0v) is 19.1. The molecule has 4 rings (SSSR count). The lowest BCUT2D eigenvalue weighted by Crippen LogP contribution is -2.35. The van der Waals surface area contributed by atoms with Gasteiger partial charge in [-0.1, -0.05) is 29.8 Å². The molecule has 0 saturated heterocycles. The highest BCUT2D eigenvalue weighted by Crippen LogP contribution is 2.34. The average molecular weight is 451 g/mol. The van der Waals surface area contributed by atoms with Crippen molar-refractivity contribution in [2.75, 3.05) is 12.0 Å². The fourth-order valence-electron chi connectivity index (χ4n) is 3.92. The first-order chi connectivity index (χ1) is 15.3. The monoisotopic (exact) mass is 450 g/mol. The molecule has 1 aliphatic heterocycles. The van der Waals surface area contributed by atoms with E-state index in [9.17, 15) is 13.2 Å². The fourth-order valence-corrected chi connectivity index (χ4v) is 4.94. The number of hydrogen-bond acceptors (Lipinski definition) is 4. The van der Waals surface area contributed by atoms with Gasteiger partial charge in [0.15, 0.2) is 0 Å². The Bertz CT molecular complexity index is 1240. The highest BCUT2D eigenvalue weighted by molar-refractivity contribution is 7.89. The van der Waals surface area contributed by atoms with Crippen molar-refractivity contribution >= 4 is 21.6 Å². The van der Waals surface area contributed by atoms with Crippen LogP contribution < -0.4 is 14.4 Å². The van der Waals surface area contributed by atoms with Crippen LogP contribution in [0.3, 0.4) is 0 Å². The molecule has 3 aromatic carbocycles. The summed E-state index contributed by atoms with van der Waals surface area (Å²) in [6.07, 6.45) is 0.757. The number of ether oxygens (including phenoxy) is 1. The molecular formula is C25H26N2O4S. The summed E-state index contributed by atoms with van der Waals surface area (Å²) in [6, 6.07) is 19.6. The number of nitrogens with zero attached hydrogens (tertiary/aromatic N) is 1. The Morgan fingerprint density at radius 1 is 1.06 bits per heavy atom. The number of aryl methyl sites for hydroxylation is 1. The Hall–Kier alpha value is -3.16. The largest absolute Gasteiger partial charge is 0.497 e. The summed E-state index contributed by atoms with van der Waals surface area (Å²) < 4.78 is 33.1. The van der Waals surface area contributed by atoms with Crippen LogP contribution in [0.5, 0.6) is 5.75 Å². The molecule has 1 heterocycles. The minimum atomic E-state index is -3.62. The van der Waals surface area contributed by atoms with Gasteiger partial charge in [-0.25, -0.2) is 13.1 Å². The van der Waals surface area contributed by atoms with E-state index >= 15 is 0 Å². The normalized spacial score (nSPS) is 15.5. The summed E-state index contributed by atoms with van der Waals surface area (Å²) in [7, 11) is -2.03. The second-order valence-corrected chi connectivity index (χ2v) is 9.82. The predicted octanol–water partition coefficient (Wildman–Crippen LogP) is 4.07. The van der Waals surface area contributed by atoms with Gasteiger partial charge in [0.2, 0.25) is 10.0 Å². The van der Waals surface area contributed by atoms with E-state index in [0.717, 1.165) is 28.8 Å². The van der Waals surface area contributed by atoms with E-state index in [1.807, 2.05) is 32.0 Å².